The van der Waals surface area contributed by atoms with Gasteiger partial charge in [0.15, 0.2) is 0 Å². The Labute approximate surface area is 170 Å². The van der Waals surface area contributed by atoms with Crippen LogP contribution in [0.5, 0.6) is 0 Å². The molecule has 3 aliphatic rings. The number of rotatable bonds is 3. The molecule has 1 saturated carbocycles. The molecule has 1 atom stereocenters. The number of aryl methyl sites for hydroxylation is 1. The maximum absolute atomic E-state index is 13.1. The molecule has 7 heteroatoms. The summed E-state index contributed by atoms with van der Waals surface area (Å²) >= 11 is 0. The van der Waals surface area contributed by atoms with Crippen LogP contribution >= 0.6 is 0 Å². The van der Waals surface area contributed by atoms with Gasteiger partial charge >= 0.3 is 0 Å². The molecule has 3 fully saturated rings. The van der Waals surface area contributed by atoms with Gasteiger partial charge in [0.1, 0.15) is 0 Å². The van der Waals surface area contributed by atoms with Crippen molar-refractivity contribution in [1.29, 1.82) is 0 Å². The molecule has 7 nitrogen and oxygen atoms in total. The number of piperidine rings is 1. The molecule has 1 spiro atoms. The Morgan fingerprint density at radius 1 is 1.07 bits per heavy atom. The fourth-order valence-corrected chi connectivity index (χ4v) is 4.95. The van der Waals surface area contributed by atoms with Crippen molar-refractivity contribution in [2.24, 2.45) is 11.3 Å². The number of aromatic nitrogens is 2. The van der Waals surface area contributed by atoms with Gasteiger partial charge in [-0.3, -0.25) is 9.59 Å². The normalized spacial score (nSPS) is 23.6. The fraction of sp³-hybridized carbons (Fsp3) is 0.545. The summed E-state index contributed by atoms with van der Waals surface area (Å²) in [6, 6.07) is 9.41. The molecule has 2 amide bonds. The zero-order valence-corrected chi connectivity index (χ0v) is 16.7. The van der Waals surface area contributed by atoms with Crippen molar-refractivity contribution < 1.29 is 14.0 Å². The molecule has 5 rings (SSSR count). The number of hydrogen-bond donors (Lipinski definition) is 0. The van der Waals surface area contributed by atoms with Gasteiger partial charge in [-0.2, -0.15) is 0 Å². The lowest BCUT2D eigenvalue weighted by Gasteiger charge is -2.41. The van der Waals surface area contributed by atoms with Crippen LogP contribution in [0.15, 0.2) is 34.7 Å². The Morgan fingerprint density at radius 3 is 2.41 bits per heavy atom. The molecule has 0 bridgehead atoms. The van der Waals surface area contributed by atoms with E-state index in [4.69, 9.17) is 4.42 Å². The topological polar surface area (TPSA) is 79.5 Å². The third kappa shape index (κ3) is 3.32. The highest BCUT2D eigenvalue weighted by atomic mass is 16.4. The van der Waals surface area contributed by atoms with Gasteiger partial charge in [-0.05, 0) is 37.8 Å². The zero-order valence-electron chi connectivity index (χ0n) is 16.7. The number of amides is 2. The van der Waals surface area contributed by atoms with Crippen LogP contribution in [0.4, 0.5) is 0 Å². The second kappa shape index (κ2) is 6.97. The first-order chi connectivity index (χ1) is 14.1. The SMILES string of the molecule is Cc1nnc(C2CN(C(=O)c3ccccc3)CC23CCN(C(=O)C2CC2)CC3)o1. The lowest BCUT2D eigenvalue weighted by Crippen LogP contribution is -2.46. The van der Waals surface area contributed by atoms with E-state index in [9.17, 15) is 9.59 Å². The van der Waals surface area contributed by atoms with E-state index in [-0.39, 0.29) is 23.2 Å². The largest absolute Gasteiger partial charge is 0.425 e. The summed E-state index contributed by atoms with van der Waals surface area (Å²) in [5.41, 5.74) is 0.579. The van der Waals surface area contributed by atoms with E-state index in [1.54, 1.807) is 6.92 Å². The summed E-state index contributed by atoms with van der Waals surface area (Å²) in [5.74, 6) is 1.77. The minimum Gasteiger partial charge on any atom is -0.425 e. The Kier molecular flexibility index (Phi) is 4.41. The molecule has 2 aliphatic heterocycles. The molecule has 1 aromatic heterocycles. The van der Waals surface area contributed by atoms with Crippen molar-refractivity contribution in [2.45, 2.75) is 38.5 Å². The maximum Gasteiger partial charge on any atom is 0.253 e. The first-order valence-corrected chi connectivity index (χ1v) is 10.5. The zero-order chi connectivity index (χ0) is 20.0. The highest BCUT2D eigenvalue weighted by molar-refractivity contribution is 5.94. The molecule has 1 unspecified atom stereocenters. The van der Waals surface area contributed by atoms with Crippen LogP contribution in [0.25, 0.3) is 0 Å². The Balaban J connectivity index is 1.39. The molecule has 0 radical (unpaired) electrons. The molecule has 2 aromatic rings. The van der Waals surface area contributed by atoms with E-state index in [1.165, 1.54) is 0 Å². The van der Waals surface area contributed by atoms with E-state index in [0.29, 0.717) is 36.3 Å². The molecule has 3 heterocycles. The van der Waals surface area contributed by atoms with Crippen molar-refractivity contribution in [1.82, 2.24) is 20.0 Å². The minimum atomic E-state index is -0.121. The van der Waals surface area contributed by atoms with Crippen molar-refractivity contribution >= 4 is 11.8 Å². The van der Waals surface area contributed by atoms with Crippen LogP contribution in [-0.2, 0) is 4.79 Å². The molecular weight excluding hydrogens is 368 g/mol. The number of benzene rings is 1. The third-order valence-corrected chi connectivity index (χ3v) is 6.79. The average Bonchev–Trinajstić information content (AvgIpc) is 3.42. The van der Waals surface area contributed by atoms with Crippen LogP contribution in [-0.4, -0.2) is 58.0 Å². The van der Waals surface area contributed by atoms with E-state index in [1.807, 2.05) is 40.1 Å². The number of likely N-dealkylation sites (tertiary alicyclic amines) is 2. The van der Waals surface area contributed by atoms with Crippen molar-refractivity contribution in [3.63, 3.8) is 0 Å². The van der Waals surface area contributed by atoms with Crippen molar-refractivity contribution in [2.75, 3.05) is 26.2 Å². The molecule has 152 valence electrons. The van der Waals surface area contributed by atoms with Gasteiger partial charge in [0.05, 0.1) is 5.92 Å². The molecule has 0 N–H and O–H groups in total. The summed E-state index contributed by atoms with van der Waals surface area (Å²) in [4.78, 5) is 29.6. The van der Waals surface area contributed by atoms with Crippen molar-refractivity contribution in [3.05, 3.63) is 47.7 Å². The number of hydrogen-bond acceptors (Lipinski definition) is 5. The van der Waals surface area contributed by atoms with Gasteiger partial charge in [0, 0.05) is 50.0 Å². The summed E-state index contributed by atoms with van der Waals surface area (Å²) in [6.45, 7) is 4.52. The summed E-state index contributed by atoms with van der Waals surface area (Å²) in [6.07, 6.45) is 3.78. The Hall–Kier alpha value is -2.70. The maximum atomic E-state index is 13.1. The quantitative estimate of drug-likeness (QED) is 0.800. The molecule has 2 saturated heterocycles. The Morgan fingerprint density at radius 2 is 1.79 bits per heavy atom. The lowest BCUT2D eigenvalue weighted by atomic mass is 9.70. The van der Waals surface area contributed by atoms with E-state index >= 15 is 0 Å². The van der Waals surface area contributed by atoms with Crippen LogP contribution in [0.1, 0.15) is 53.7 Å². The monoisotopic (exact) mass is 394 g/mol. The standard InChI is InChI=1S/C22H26N4O3/c1-15-23-24-19(29-15)18-13-26(21(28)16-5-3-2-4-6-16)14-22(18)9-11-25(12-10-22)20(27)17-7-8-17/h2-6,17-18H,7-14H2,1H3. The summed E-state index contributed by atoms with van der Waals surface area (Å²) in [7, 11) is 0. The molecule has 1 aliphatic carbocycles. The lowest BCUT2D eigenvalue weighted by molar-refractivity contribution is -0.135. The van der Waals surface area contributed by atoms with E-state index < -0.39 is 0 Å². The van der Waals surface area contributed by atoms with E-state index in [0.717, 1.165) is 38.8 Å². The predicted molar refractivity (Wildman–Crippen MR) is 105 cm³/mol. The summed E-state index contributed by atoms with van der Waals surface area (Å²) in [5, 5.41) is 8.33. The third-order valence-electron chi connectivity index (χ3n) is 6.79. The van der Waals surface area contributed by atoms with Crippen LogP contribution < -0.4 is 0 Å². The fourth-order valence-electron chi connectivity index (χ4n) is 4.95. The van der Waals surface area contributed by atoms with Crippen LogP contribution in [0, 0.1) is 18.3 Å². The second-order valence-electron chi connectivity index (χ2n) is 8.73. The first kappa shape index (κ1) is 18.3. The molecule has 29 heavy (non-hydrogen) atoms. The van der Waals surface area contributed by atoms with Crippen molar-refractivity contribution in [3.8, 4) is 0 Å². The number of nitrogens with zero attached hydrogens (tertiary/aromatic N) is 4. The smallest absolute Gasteiger partial charge is 0.253 e. The summed E-state index contributed by atoms with van der Waals surface area (Å²) < 4.78 is 5.81. The van der Waals surface area contributed by atoms with Gasteiger partial charge in [0.2, 0.25) is 17.7 Å². The highest BCUT2D eigenvalue weighted by Crippen LogP contribution is 2.50. The van der Waals surface area contributed by atoms with Gasteiger partial charge in [-0.1, -0.05) is 18.2 Å². The van der Waals surface area contributed by atoms with Gasteiger partial charge in [-0.15, -0.1) is 10.2 Å². The first-order valence-electron chi connectivity index (χ1n) is 10.5. The average molecular weight is 394 g/mol. The predicted octanol–water partition coefficient (Wildman–Crippen LogP) is 2.64. The second-order valence-corrected chi connectivity index (χ2v) is 8.73. The van der Waals surface area contributed by atoms with Crippen LogP contribution in [0.3, 0.4) is 0 Å². The minimum absolute atomic E-state index is 0.00883. The molecular formula is C22H26N4O3. The van der Waals surface area contributed by atoms with Crippen LogP contribution in [0.2, 0.25) is 0 Å². The van der Waals surface area contributed by atoms with Gasteiger partial charge in [-0.25, -0.2) is 0 Å². The Bertz CT molecular complexity index is 913. The van der Waals surface area contributed by atoms with E-state index in [2.05, 4.69) is 10.2 Å². The molecule has 1 aromatic carbocycles. The number of carbonyl (C=O) groups excluding carboxylic acids is 2. The highest BCUT2D eigenvalue weighted by Gasteiger charge is 2.53. The van der Waals surface area contributed by atoms with Gasteiger partial charge in [0.25, 0.3) is 5.91 Å². The number of carbonyl (C=O) groups is 2. The van der Waals surface area contributed by atoms with Gasteiger partial charge < -0.3 is 14.2 Å².